The normalized spacial score (nSPS) is 17.6. The average Bonchev–Trinajstić information content (AvgIpc) is 0.723. The van der Waals surface area contributed by atoms with E-state index < -0.39 is 0 Å². The smallest absolute Gasteiger partial charge is 0.318 e. The van der Waals surface area contributed by atoms with Crippen LogP contribution in [0.4, 0.5) is 34.5 Å². The van der Waals surface area contributed by atoms with Crippen LogP contribution in [0.15, 0.2) is 147 Å². The van der Waals surface area contributed by atoms with E-state index in [0.717, 1.165) is 212 Å². The fraction of sp³-hybridized carbons (Fsp3) is 0.433. The number of benzene rings is 6. The van der Waals surface area contributed by atoms with Crippen molar-refractivity contribution in [2.75, 3.05) is 196 Å². The van der Waals surface area contributed by atoms with Gasteiger partial charge < -0.3 is 88.3 Å². The molecule has 1 unspecified atom stereocenters. The van der Waals surface area contributed by atoms with Crippen molar-refractivity contribution in [3.8, 4) is 35.3 Å². The van der Waals surface area contributed by atoms with Crippen LogP contribution in [0, 0.1) is 5.41 Å². The molecule has 0 bridgehead atoms. The van der Waals surface area contributed by atoms with Crippen molar-refractivity contribution in [2.24, 2.45) is 5.41 Å². The quantitative estimate of drug-likeness (QED) is 0.0447. The van der Waals surface area contributed by atoms with Crippen molar-refractivity contribution >= 4 is 84.6 Å². The predicted molar refractivity (Wildman–Crippen MR) is 460 cm³/mol. The number of aromatic nitrogens is 6. The Bertz CT molecular complexity index is 5140. The maximum Gasteiger partial charge on any atom is 0.318 e. The van der Waals surface area contributed by atoms with Crippen molar-refractivity contribution in [1.29, 1.82) is 0 Å². The van der Waals surface area contributed by atoms with E-state index in [0.29, 0.717) is 96.6 Å². The number of carbonyl (C=O) groups is 3. The van der Waals surface area contributed by atoms with E-state index >= 15 is 0 Å². The number of phenolic OH excluding ortho intramolecular Hbond substituents is 3. The molecular weight excluding hydrogens is 1480 g/mol. The van der Waals surface area contributed by atoms with Crippen molar-refractivity contribution in [1.82, 2.24) is 59.3 Å². The fourth-order valence-corrected chi connectivity index (χ4v) is 17.5. The summed E-state index contributed by atoms with van der Waals surface area (Å²) in [5, 5.41) is 37.7. The maximum atomic E-state index is 12.1. The van der Waals surface area contributed by atoms with Gasteiger partial charge in [-0.2, -0.15) is 29.9 Å². The van der Waals surface area contributed by atoms with Gasteiger partial charge in [0, 0.05) is 198 Å². The highest BCUT2D eigenvalue weighted by molar-refractivity contribution is 5.98. The predicted octanol–water partition coefficient (Wildman–Crippen LogP) is 9.72. The van der Waals surface area contributed by atoms with Gasteiger partial charge >= 0.3 is 18.0 Å². The van der Waals surface area contributed by atoms with Gasteiger partial charge in [-0.15, -0.1) is 0 Å². The van der Waals surface area contributed by atoms with E-state index in [1.54, 1.807) is 18.2 Å². The second kappa shape index (κ2) is 35.5. The zero-order valence-electron chi connectivity index (χ0n) is 68.5. The molecule has 9 aromatic rings. The van der Waals surface area contributed by atoms with Gasteiger partial charge in [0.1, 0.15) is 46.9 Å². The first-order valence-corrected chi connectivity index (χ1v) is 41.2. The molecule has 5 fully saturated rings. The molecule has 3 N–H and O–H groups in total. The number of nitrogens with zero attached hydrogens (tertiary/aromatic N) is 18. The van der Waals surface area contributed by atoms with Crippen molar-refractivity contribution in [3.05, 3.63) is 181 Å². The summed E-state index contributed by atoms with van der Waals surface area (Å²) < 4.78 is 18.7. The molecule has 1 spiro atoms. The Balaban J connectivity index is 0.000000138. The Morgan fingerprint density at radius 2 is 0.872 bits per heavy atom. The summed E-state index contributed by atoms with van der Waals surface area (Å²) in [7, 11) is 10.3. The number of carbonyl (C=O) groups excluding carboxylic acids is 3. The van der Waals surface area contributed by atoms with Crippen molar-refractivity contribution < 1.29 is 43.9 Å². The van der Waals surface area contributed by atoms with Crippen LogP contribution in [-0.4, -0.2) is 271 Å². The number of fused-ring (bicyclic) bond motifs is 6. The van der Waals surface area contributed by atoms with Crippen molar-refractivity contribution in [2.45, 2.75) is 83.7 Å². The van der Waals surface area contributed by atoms with E-state index in [1.165, 1.54) is 23.8 Å². The minimum absolute atomic E-state index is 0.00599. The summed E-state index contributed by atoms with van der Waals surface area (Å²) in [5.41, 5.74) is 9.48. The molecule has 11 heterocycles. The van der Waals surface area contributed by atoms with E-state index in [4.69, 9.17) is 44.1 Å². The molecule has 8 aliphatic heterocycles. The monoisotopic (exact) mass is 1590 g/mol. The molecule has 8 aliphatic rings. The Morgan fingerprint density at radius 3 is 1.31 bits per heavy atom. The van der Waals surface area contributed by atoms with Gasteiger partial charge in [0.25, 0.3) is 0 Å². The zero-order valence-corrected chi connectivity index (χ0v) is 68.5. The van der Waals surface area contributed by atoms with Crippen LogP contribution in [-0.2, 0) is 53.3 Å². The largest absolute Gasteiger partial charge is 0.508 e. The van der Waals surface area contributed by atoms with Gasteiger partial charge in [0.15, 0.2) is 0 Å². The third-order valence-electron chi connectivity index (χ3n) is 23.8. The van der Waals surface area contributed by atoms with E-state index in [1.807, 2.05) is 87.5 Å². The van der Waals surface area contributed by atoms with Crippen molar-refractivity contribution in [3.63, 3.8) is 0 Å². The number of ether oxygens (including phenoxy) is 3. The molecule has 17 rings (SSSR count). The number of hydrogen-bond acceptors (Lipinski definition) is 24. The van der Waals surface area contributed by atoms with E-state index in [9.17, 15) is 29.7 Å². The maximum absolute atomic E-state index is 12.1. The third kappa shape index (κ3) is 18.3. The van der Waals surface area contributed by atoms with Crippen LogP contribution in [0.3, 0.4) is 0 Å². The number of anilines is 6. The minimum Gasteiger partial charge on any atom is -0.508 e. The fourth-order valence-electron chi connectivity index (χ4n) is 17.5. The van der Waals surface area contributed by atoms with Crippen LogP contribution in [0.5, 0.6) is 35.3 Å². The van der Waals surface area contributed by atoms with Gasteiger partial charge in [-0.1, -0.05) is 92.5 Å². The van der Waals surface area contributed by atoms with Gasteiger partial charge in [-0.05, 0) is 140 Å². The zero-order chi connectivity index (χ0) is 81.6. The molecule has 6 aromatic carbocycles. The number of rotatable bonds is 21. The Morgan fingerprint density at radius 1 is 0.479 bits per heavy atom. The Labute approximate surface area is 685 Å². The number of phenols is 3. The van der Waals surface area contributed by atoms with Gasteiger partial charge in [-0.25, -0.2) is 0 Å². The second-order valence-electron chi connectivity index (χ2n) is 32.8. The molecule has 3 aromatic heterocycles. The number of likely N-dealkylation sites (tertiary alicyclic amines) is 2. The highest BCUT2D eigenvalue weighted by Crippen LogP contribution is 2.46. The molecule has 27 heteroatoms. The molecule has 0 saturated carbocycles. The summed E-state index contributed by atoms with van der Waals surface area (Å²) in [6.07, 6.45) is 10.3. The molecule has 1 atom stereocenters. The summed E-state index contributed by atoms with van der Waals surface area (Å²) in [5.74, 6) is 3.51. The highest BCUT2D eigenvalue weighted by atomic mass is 16.5. The summed E-state index contributed by atoms with van der Waals surface area (Å²) in [6.45, 7) is 30.1. The summed E-state index contributed by atoms with van der Waals surface area (Å²) >= 11 is 0. The van der Waals surface area contributed by atoms with E-state index in [2.05, 4.69) is 124 Å². The molecule has 0 radical (unpaired) electrons. The lowest BCUT2D eigenvalue weighted by atomic mass is 9.72. The number of aromatic hydroxyl groups is 3. The lowest BCUT2D eigenvalue weighted by Crippen LogP contribution is -2.73. The molecule has 614 valence electrons. The molecule has 27 nitrogen and oxygen atoms in total. The number of piperazine rings is 2. The lowest BCUT2D eigenvalue weighted by Gasteiger charge is -2.60. The second-order valence-corrected chi connectivity index (χ2v) is 32.8. The molecular formula is C90H110N18O9. The SMILES string of the molecule is C=CC(=O)N1CC2(C1)CN(c1nc(OCCCN(C)C)nc3c1CCN(c1cc(O)cc4ccccc14)C3)C2.C=CC(=O)N1CCN(c2nc(OC(C)CCN(C)C)nc3c2CCN(c2cc(O)cc4ccccc24)C3)CC1.C=CC(=O)N1CCN(c2nc(OC3CCN(C)CC3)nc3c2CCN(c2cc(O)cc4ccccc24)C3)CC1. The summed E-state index contributed by atoms with van der Waals surface area (Å²) in [4.78, 5) is 91.6. The molecule has 0 aliphatic carbocycles. The van der Waals surface area contributed by atoms with Gasteiger partial charge in [-0.3, -0.25) is 14.4 Å². The first-order chi connectivity index (χ1) is 56.6. The van der Waals surface area contributed by atoms with Crippen LogP contribution >= 0.6 is 0 Å². The van der Waals surface area contributed by atoms with E-state index in [-0.39, 0.29) is 52.6 Å². The topological polar surface area (TPSA) is 256 Å². The van der Waals surface area contributed by atoms with Crippen LogP contribution in [0.25, 0.3) is 32.3 Å². The average molecular weight is 1590 g/mol. The minimum atomic E-state index is -0.0351. The summed E-state index contributed by atoms with van der Waals surface area (Å²) in [6, 6.07) is 36.6. The number of amides is 3. The van der Waals surface area contributed by atoms with Gasteiger partial charge in [0.2, 0.25) is 17.7 Å². The number of piperidine rings is 1. The van der Waals surface area contributed by atoms with Gasteiger partial charge in [0.05, 0.1) is 43.3 Å². The highest BCUT2D eigenvalue weighted by Gasteiger charge is 2.54. The lowest BCUT2D eigenvalue weighted by molar-refractivity contribution is -0.139. The third-order valence-corrected chi connectivity index (χ3v) is 23.8. The van der Waals surface area contributed by atoms with Crippen LogP contribution in [0.2, 0.25) is 0 Å². The Kier molecular flexibility index (Phi) is 24.5. The first kappa shape index (κ1) is 80.6. The Hall–Kier alpha value is -11.6. The molecule has 3 amide bonds. The van der Waals surface area contributed by atoms with Crippen LogP contribution in [0.1, 0.15) is 66.4 Å². The molecule has 117 heavy (non-hydrogen) atoms. The standard InChI is InChI=1S/2C30H36N6O3.C30H38N6O3/c1-4-27(38)35-17-30(18-35)19-36(20-30)28-24-10-12-34(26-15-22(37)14-21-8-5-6-9-23(21)26)16-25(24)31-29(32-28)39-13-7-11-33(2)3;1-3-28(38)34-14-16-35(17-15-34)29-25-10-13-36(27-19-22(37)18-21-6-4-5-7-24(21)27)20-26(25)31-30(32-29)39-23-8-11-33(2)12-9-23;1-5-28(38)34-14-16-35(17-15-34)29-25-11-13-36(27-19-23(37)18-22-8-6-7-9-24(22)27)20-26(25)31-30(32-29)39-21(2)10-12-33(3)4/h4-6,8-9,14-15,37H,1,7,10-13,16-20H2,2-3H3;3-7,18-19,23,37H,1,8-17,20H2,2H3;5-9,18-19,21,37H,1,10-17,20H2,2-4H3. The number of hydrogen-bond donors (Lipinski definition) is 3. The first-order valence-electron chi connectivity index (χ1n) is 41.2. The van der Waals surface area contributed by atoms with Crippen LogP contribution < -0.4 is 43.6 Å². The molecule has 5 saturated heterocycles.